The van der Waals surface area contributed by atoms with Gasteiger partial charge in [-0.15, -0.1) is 0 Å². The molecule has 0 radical (unpaired) electrons. The minimum Gasteiger partial charge on any atom is -0.494 e. The van der Waals surface area contributed by atoms with Gasteiger partial charge in [0.1, 0.15) is 5.75 Å². The number of rotatable bonds is 15. The predicted octanol–water partition coefficient (Wildman–Crippen LogP) is 5.96. The fourth-order valence-corrected chi connectivity index (χ4v) is 4.47. The lowest BCUT2D eigenvalue weighted by Gasteiger charge is -2.28. The monoisotopic (exact) mass is 491 g/mol. The minimum atomic E-state index is -0.0129. The van der Waals surface area contributed by atoms with Crippen molar-refractivity contribution in [2.45, 2.75) is 65.8 Å². The van der Waals surface area contributed by atoms with Crippen LogP contribution in [0, 0.1) is 0 Å². The maximum Gasteiger partial charge on any atom is 0.242 e. The Morgan fingerprint density at radius 1 is 0.861 bits per heavy atom. The molecule has 1 N–H and O–H groups in total. The van der Waals surface area contributed by atoms with Crippen LogP contribution >= 0.6 is 0 Å². The molecule has 0 saturated heterocycles. The third-order valence-corrected chi connectivity index (χ3v) is 6.45. The Morgan fingerprint density at radius 2 is 1.64 bits per heavy atom. The highest BCUT2D eigenvalue weighted by Crippen LogP contribution is 2.20. The number of nitrogens with zero attached hydrogens (tertiary/aromatic N) is 2. The Kier molecular flexibility index (Phi) is 10.9. The summed E-state index contributed by atoms with van der Waals surface area (Å²) in [5.41, 5.74) is 3.34. The summed E-state index contributed by atoms with van der Waals surface area (Å²) in [6.45, 7) is 8.57. The largest absolute Gasteiger partial charge is 0.494 e. The van der Waals surface area contributed by atoms with Crippen LogP contribution in [-0.4, -0.2) is 52.8 Å². The van der Waals surface area contributed by atoms with Crippen molar-refractivity contribution in [1.82, 2.24) is 14.8 Å². The Morgan fingerprint density at radius 3 is 2.36 bits per heavy atom. The van der Waals surface area contributed by atoms with Crippen molar-refractivity contribution < 1.29 is 14.3 Å². The highest BCUT2D eigenvalue weighted by molar-refractivity contribution is 5.85. The fraction of sp³-hybridized carbons (Fsp3) is 0.467. The number of fused-ring (bicyclic) bond motifs is 1. The standard InChI is InChI=1S/C30H41N3O3/c1-4-7-8-13-29(34)32(19-5-2)23-30(35)33(22-24-14-16-26(17-15-24)36-6-3)20-18-25-21-31-28-12-10-9-11-27(25)28/h9-12,14-17,21,31H,4-8,13,18-20,22-23H2,1-3H3. The van der Waals surface area contributed by atoms with Gasteiger partial charge in [0.15, 0.2) is 0 Å². The number of ether oxygens (including phenoxy) is 1. The zero-order valence-electron chi connectivity index (χ0n) is 22.1. The molecular formula is C30H41N3O3. The second-order valence-corrected chi connectivity index (χ2v) is 9.27. The molecule has 2 amide bonds. The normalized spacial score (nSPS) is 11.0. The maximum atomic E-state index is 13.6. The summed E-state index contributed by atoms with van der Waals surface area (Å²) in [5, 5.41) is 1.18. The summed E-state index contributed by atoms with van der Waals surface area (Å²) >= 11 is 0. The van der Waals surface area contributed by atoms with E-state index >= 15 is 0 Å². The van der Waals surface area contributed by atoms with Crippen molar-refractivity contribution in [2.75, 3.05) is 26.2 Å². The lowest BCUT2D eigenvalue weighted by molar-refractivity contribution is -0.141. The van der Waals surface area contributed by atoms with E-state index in [1.165, 1.54) is 10.9 Å². The Balaban J connectivity index is 1.74. The third-order valence-electron chi connectivity index (χ3n) is 6.45. The molecule has 0 saturated carbocycles. The van der Waals surface area contributed by atoms with Gasteiger partial charge in [-0.25, -0.2) is 0 Å². The van der Waals surface area contributed by atoms with Crippen LogP contribution < -0.4 is 4.74 Å². The van der Waals surface area contributed by atoms with Gasteiger partial charge in [0.2, 0.25) is 11.8 Å². The lowest BCUT2D eigenvalue weighted by Crippen LogP contribution is -2.43. The molecule has 0 spiro atoms. The van der Waals surface area contributed by atoms with Gasteiger partial charge in [0.05, 0.1) is 13.2 Å². The van der Waals surface area contributed by atoms with Crippen molar-refractivity contribution in [3.63, 3.8) is 0 Å². The number of benzene rings is 2. The van der Waals surface area contributed by atoms with Crippen LogP contribution in [-0.2, 0) is 22.6 Å². The molecule has 0 aliphatic rings. The highest BCUT2D eigenvalue weighted by atomic mass is 16.5. The van der Waals surface area contributed by atoms with Crippen LogP contribution in [0.1, 0.15) is 64.0 Å². The van der Waals surface area contributed by atoms with Crippen LogP contribution in [0.3, 0.4) is 0 Å². The molecule has 3 rings (SSSR count). The first-order chi connectivity index (χ1) is 17.5. The summed E-state index contributed by atoms with van der Waals surface area (Å²) < 4.78 is 5.57. The molecule has 0 unspecified atom stereocenters. The zero-order valence-corrected chi connectivity index (χ0v) is 22.1. The van der Waals surface area contributed by atoms with E-state index in [9.17, 15) is 9.59 Å². The number of aromatic amines is 1. The average molecular weight is 492 g/mol. The quantitative estimate of drug-likeness (QED) is 0.267. The van der Waals surface area contributed by atoms with Gasteiger partial charge in [0, 0.05) is 43.2 Å². The Hall–Kier alpha value is -3.28. The zero-order chi connectivity index (χ0) is 25.8. The van der Waals surface area contributed by atoms with E-state index in [0.717, 1.165) is 48.9 Å². The first kappa shape index (κ1) is 27.3. The summed E-state index contributed by atoms with van der Waals surface area (Å²) in [6.07, 6.45) is 7.10. The summed E-state index contributed by atoms with van der Waals surface area (Å²) in [4.78, 5) is 33.4. The molecule has 36 heavy (non-hydrogen) atoms. The van der Waals surface area contributed by atoms with Crippen molar-refractivity contribution in [2.24, 2.45) is 0 Å². The van der Waals surface area contributed by atoms with Gasteiger partial charge < -0.3 is 19.5 Å². The lowest BCUT2D eigenvalue weighted by atomic mass is 10.1. The first-order valence-electron chi connectivity index (χ1n) is 13.4. The molecule has 6 heteroatoms. The molecule has 2 aromatic carbocycles. The van der Waals surface area contributed by atoms with E-state index in [0.29, 0.717) is 32.7 Å². The Labute approximate surface area is 215 Å². The molecule has 0 aliphatic carbocycles. The number of H-pyrrole nitrogens is 1. The number of carbonyl (C=O) groups is 2. The molecule has 0 fully saturated rings. The molecular weight excluding hydrogens is 450 g/mol. The van der Waals surface area contributed by atoms with Crippen LogP contribution in [0.15, 0.2) is 54.7 Å². The van der Waals surface area contributed by atoms with Crippen molar-refractivity contribution >= 4 is 22.7 Å². The molecule has 0 bridgehead atoms. The fourth-order valence-electron chi connectivity index (χ4n) is 4.47. The van der Waals surface area contributed by atoms with Gasteiger partial charge in [-0.05, 0) is 55.5 Å². The van der Waals surface area contributed by atoms with Crippen LogP contribution in [0.5, 0.6) is 5.75 Å². The number of hydrogen-bond acceptors (Lipinski definition) is 3. The number of nitrogens with one attached hydrogen (secondary N) is 1. The van der Waals surface area contributed by atoms with Gasteiger partial charge in [-0.3, -0.25) is 9.59 Å². The van der Waals surface area contributed by atoms with Crippen molar-refractivity contribution in [1.29, 1.82) is 0 Å². The van der Waals surface area contributed by atoms with Gasteiger partial charge >= 0.3 is 0 Å². The molecule has 0 atom stereocenters. The topological polar surface area (TPSA) is 65.6 Å². The number of carbonyl (C=O) groups excluding carboxylic acids is 2. The van der Waals surface area contributed by atoms with Gasteiger partial charge in [0.25, 0.3) is 0 Å². The molecule has 1 aromatic heterocycles. The second-order valence-electron chi connectivity index (χ2n) is 9.27. The van der Waals surface area contributed by atoms with E-state index in [1.54, 1.807) is 4.90 Å². The highest BCUT2D eigenvalue weighted by Gasteiger charge is 2.21. The maximum absolute atomic E-state index is 13.6. The average Bonchev–Trinajstić information content (AvgIpc) is 3.30. The van der Waals surface area contributed by atoms with Crippen molar-refractivity contribution in [3.05, 3.63) is 65.9 Å². The van der Waals surface area contributed by atoms with Crippen LogP contribution in [0.2, 0.25) is 0 Å². The summed E-state index contributed by atoms with van der Waals surface area (Å²) in [7, 11) is 0. The molecule has 194 valence electrons. The van der Waals surface area contributed by atoms with E-state index < -0.39 is 0 Å². The molecule has 6 nitrogen and oxygen atoms in total. The number of aromatic nitrogens is 1. The Bertz CT molecular complexity index is 1090. The second kappa shape index (κ2) is 14.3. The summed E-state index contributed by atoms with van der Waals surface area (Å²) in [6, 6.07) is 16.1. The van der Waals surface area contributed by atoms with Gasteiger partial charge in [-0.1, -0.05) is 57.0 Å². The number of amides is 2. The molecule has 3 aromatic rings. The molecule has 0 aliphatic heterocycles. The van der Waals surface area contributed by atoms with Crippen LogP contribution in [0.25, 0.3) is 10.9 Å². The van der Waals surface area contributed by atoms with Crippen molar-refractivity contribution in [3.8, 4) is 5.75 Å². The summed E-state index contributed by atoms with van der Waals surface area (Å²) in [5.74, 6) is 0.891. The van der Waals surface area contributed by atoms with E-state index in [-0.39, 0.29) is 18.4 Å². The first-order valence-corrected chi connectivity index (χ1v) is 13.4. The SMILES string of the molecule is CCCCCC(=O)N(CCC)CC(=O)N(CCc1c[nH]c2ccccc12)Cc1ccc(OCC)cc1. The van der Waals surface area contributed by atoms with Crippen LogP contribution in [0.4, 0.5) is 0 Å². The predicted molar refractivity (Wildman–Crippen MR) is 146 cm³/mol. The van der Waals surface area contributed by atoms with E-state index in [1.807, 2.05) is 61.3 Å². The van der Waals surface area contributed by atoms with E-state index in [4.69, 9.17) is 4.74 Å². The number of unbranched alkanes of at least 4 members (excludes halogenated alkanes) is 2. The minimum absolute atomic E-state index is 0.0129. The number of hydrogen-bond donors (Lipinski definition) is 1. The van der Waals surface area contributed by atoms with E-state index in [2.05, 4.69) is 24.0 Å². The van der Waals surface area contributed by atoms with Gasteiger partial charge in [-0.2, -0.15) is 0 Å². The third kappa shape index (κ3) is 7.87. The smallest absolute Gasteiger partial charge is 0.242 e. The molecule has 1 heterocycles. The number of para-hydroxylation sites is 1.